The van der Waals surface area contributed by atoms with Gasteiger partial charge in [0, 0.05) is 5.69 Å². The Morgan fingerprint density at radius 3 is 2.39 bits per heavy atom. The van der Waals surface area contributed by atoms with Crippen LogP contribution in [0.1, 0.15) is 19.4 Å². The smallest absolute Gasteiger partial charge is 0.416 e. The minimum Gasteiger partial charge on any atom is -0.480 e. The van der Waals surface area contributed by atoms with E-state index in [1.165, 1.54) is 12.1 Å². The predicted octanol–water partition coefficient (Wildman–Crippen LogP) is 3.23. The summed E-state index contributed by atoms with van der Waals surface area (Å²) in [5.41, 5.74) is -0.661. The van der Waals surface area contributed by atoms with Crippen molar-refractivity contribution in [1.82, 2.24) is 0 Å². The van der Waals surface area contributed by atoms with Crippen molar-refractivity contribution in [1.29, 1.82) is 0 Å². The Morgan fingerprint density at radius 2 is 1.94 bits per heavy atom. The Hall–Kier alpha value is -1.72. The molecule has 0 aromatic heterocycles. The SMILES string of the molecule is CC(C)C(Nc1cccc(C(F)(F)F)c1)C(=O)O. The van der Waals surface area contributed by atoms with Crippen molar-refractivity contribution in [3.05, 3.63) is 29.8 Å². The summed E-state index contributed by atoms with van der Waals surface area (Å²) < 4.78 is 37.4. The standard InChI is InChI=1S/C12H14F3NO2/c1-7(2)10(11(17)18)16-9-5-3-4-8(6-9)12(13,14)15/h3-7,10,16H,1-2H3,(H,17,18). The lowest BCUT2D eigenvalue weighted by Gasteiger charge is -2.19. The molecule has 0 saturated heterocycles. The van der Waals surface area contributed by atoms with Crippen LogP contribution in [0.5, 0.6) is 0 Å². The van der Waals surface area contributed by atoms with Crippen LogP contribution in [0.4, 0.5) is 18.9 Å². The highest BCUT2D eigenvalue weighted by molar-refractivity contribution is 5.77. The van der Waals surface area contributed by atoms with Gasteiger partial charge in [-0.3, -0.25) is 0 Å². The first-order valence-electron chi connectivity index (χ1n) is 5.38. The van der Waals surface area contributed by atoms with E-state index in [1.54, 1.807) is 13.8 Å². The van der Waals surface area contributed by atoms with Crippen LogP contribution in [0.15, 0.2) is 24.3 Å². The Morgan fingerprint density at radius 1 is 1.33 bits per heavy atom. The van der Waals surface area contributed by atoms with Crippen molar-refractivity contribution in [3.8, 4) is 0 Å². The fraction of sp³-hybridized carbons (Fsp3) is 0.417. The lowest BCUT2D eigenvalue weighted by molar-refractivity contribution is -0.139. The van der Waals surface area contributed by atoms with Crippen LogP contribution in [-0.2, 0) is 11.0 Å². The first-order valence-corrected chi connectivity index (χ1v) is 5.38. The van der Waals surface area contributed by atoms with E-state index >= 15 is 0 Å². The van der Waals surface area contributed by atoms with Gasteiger partial charge in [-0.2, -0.15) is 13.2 Å². The molecule has 3 nitrogen and oxygen atoms in total. The van der Waals surface area contributed by atoms with Crippen LogP contribution in [0.25, 0.3) is 0 Å². The van der Waals surface area contributed by atoms with Crippen molar-refractivity contribution in [3.63, 3.8) is 0 Å². The summed E-state index contributed by atoms with van der Waals surface area (Å²) in [6.45, 7) is 3.36. The number of anilines is 1. The van der Waals surface area contributed by atoms with Gasteiger partial charge in [0.15, 0.2) is 0 Å². The molecule has 0 bridgehead atoms. The summed E-state index contributed by atoms with van der Waals surface area (Å²) in [6.07, 6.45) is -4.44. The van der Waals surface area contributed by atoms with E-state index < -0.39 is 23.8 Å². The molecule has 0 aliphatic heterocycles. The maximum absolute atomic E-state index is 12.5. The number of halogens is 3. The van der Waals surface area contributed by atoms with E-state index in [2.05, 4.69) is 5.32 Å². The number of rotatable bonds is 4. The quantitative estimate of drug-likeness (QED) is 0.874. The van der Waals surface area contributed by atoms with Gasteiger partial charge in [-0.25, -0.2) is 4.79 Å². The molecule has 1 rings (SSSR count). The molecular weight excluding hydrogens is 247 g/mol. The van der Waals surface area contributed by atoms with Gasteiger partial charge < -0.3 is 10.4 Å². The van der Waals surface area contributed by atoms with Crippen LogP contribution in [0.3, 0.4) is 0 Å². The average Bonchev–Trinajstić information content (AvgIpc) is 2.24. The molecule has 0 heterocycles. The van der Waals surface area contributed by atoms with Gasteiger partial charge in [0.1, 0.15) is 6.04 Å². The maximum atomic E-state index is 12.5. The van der Waals surface area contributed by atoms with Crippen LogP contribution in [0.2, 0.25) is 0 Å². The molecule has 0 saturated carbocycles. The Balaban J connectivity index is 2.94. The molecule has 0 radical (unpaired) electrons. The molecule has 100 valence electrons. The van der Waals surface area contributed by atoms with E-state index in [-0.39, 0.29) is 11.6 Å². The average molecular weight is 261 g/mol. The summed E-state index contributed by atoms with van der Waals surface area (Å²) in [7, 11) is 0. The number of aliphatic carboxylic acids is 1. The third-order valence-electron chi connectivity index (χ3n) is 2.44. The monoisotopic (exact) mass is 261 g/mol. The zero-order valence-electron chi connectivity index (χ0n) is 9.95. The predicted molar refractivity (Wildman–Crippen MR) is 61.3 cm³/mol. The zero-order valence-corrected chi connectivity index (χ0v) is 9.95. The molecule has 0 spiro atoms. The summed E-state index contributed by atoms with van der Waals surface area (Å²) in [5, 5.41) is 11.5. The molecule has 0 aliphatic carbocycles. The number of carboxylic acids is 1. The van der Waals surface area contributed by atoms with E-state index in [1.807, 2.05) is 0 Å². The molecule has 1 atom stereocenters. The number of nitrogens with one attached hydrogen (secondary N) is 1. The fourth-order valence-electron chi connectivity index (χ4n) is 1.48. The largest absolute Gasteiger partial charge is 0.480 e. The van der Waals surface area contributed by atoms with Crippen molar-refractivity contribution < 1.29 is 23.1 Å². The lowest BCUT2D eigenvalue weighted by atomic mass is 10.0. The van der Waals surface area contributed by atoms with Crippen LogP contribution in [0, 0.1) is 5.92 Å². The van der Waals surface area contributed by atoms with E-state index in [0.29, 0.717) is 0 Å². The Bertz CT molecular complexity index is 430. The number of carbonyl (C=O) groups is 1. The van der Waals surface area contributed by atoms with Crippen LogP contribution >= 0.6 is 0 Å². The minimum absolute atomic E-state index is 0.144. The molecule has 18 heavy (non-hydrogen) atoms. The molecule has 1 aromatic rings. The van der Waals surface area contributed by atoms with E-state index in [9.17, 15) is 18.0 Å². The first kappa shape index (κ1) is 14.3. The summed E-state index contributed by atoms with van der Waals surface area (Å²) in [4.78, 5) is 10.9. The summed E-state index contributed by atoms with van der Waals surface area (Å²) in [5.74, 6) is -1.33. The van der Waals surface area contributed by atoms with Crippen molar-refractivity contribution in [2.24, 2.45) is 5.92 Å². The fourth-order valence-corrected chi connectivity index (χ4v) is 1.48. The number of hydrogen-bond acceptors (Lipinski definition) is 2. The molecule has 0 amide bonds. The van der Waals surface area contributed by atoms with Gasteiger partial charge in [-0.1, -0.05) is 19.9 Å². The highest BCUT2D eigenvalue weighted by Gasteiger charge is 2.31. The van der Waals surface area contributed by atoms with Gasteiger partial charge in [0.25, 0.3) is 0 Å². The normalized spacial score (nSPS) is 13.4. The van der Waals surface area contributed by atoms with Gasteiger partial charge >= 0.3 is 12.1 Å². The number of benzene rings is 1. The Kier molecular flexibility index (Phi) is 4.21. The molecule has 0 fully saturated rings. The van der Waals surface area contributed by atoms with Crippen molar-refractivity contribution in [2.45, 2.75) is 26.1 Å². The van der Waals surface area contributed by atoms with E-state index in [0.717, 1.165) is 12.1 Å². The molecule has 6 heteroatoms. The van der Waals surface area contributed by atoms with Crippen LogP contribution < -0.4 is 5.32 Å². The third-order valence-corrected chi connectivity index (χ3v) is 2.44. The number of alkyl halides is 3. The molecule has 1 unspecified atom stereocenters. The molecule has 0 aliphatic rings. The first-order chi connectivity index (χ1) is 8.21. The van der Waals surface area contributed by atoms with Crippen LogP contribution in [-0.4, -0.2) is 17.1 Å². The lowest BCUT2D eigenvalue weighted by Crippen LogP contribution is -2.34. The minimum atomic E-state index is -4.44. The Labute approximate surface area is 103 Å². The topological polar surface area (TPSA) is 49.3 Å². The van der Waals surface area contributed by atoms with Gasteiger partial charge in [0.05, 0.1) is 5.56 Å². The number of carboxylic acid groups (broad SMARTS) is 1. The van der Waals surface area contributed by atoms with E-state index in [4.69, 9.17) is 5.11 Å². The van der Waals surface area contributed by atoms with Gasteiger partial charge in [-0.05, 0) is 24.1 Å². The second-order valence-corrected chi connectivity index (χ2v) is 4.28. The van der Waals surface area contributed by atoms with Gasteiger partial charge in [-0.15, -0.1) is 0 Å². The second-order valence-electron chi connectivity index (χ2n) is 4.28. The van der Waals surface area contributed by atoms with Crippen molar-refractivity contribution in [2.75, 3.05) is 5.32 Å². The zero-order chi connectivity index (χ0) is 13.9. The molecule has 1 aromatic carbocycles. The molecule has 2 N–H and O–H groups in total. The summed E-state index contributed by atoms with van der Waals surface area (Å²) >= 11 is 0. The highest BCUT2D eigenvalue weighted by atomic mass is 19.4. The van der Waals surface area contributed by atoms with Crippen molar-refractivity contribution >= 4 is 11.7 Å². The van der Waals surface area contributed by atoms with Gasteiger partial charge in [0.2, 0.25) is 0 Å². The second kappa shape index (κ2) is 5.29. The maximum Gasteiger partial charge on any atom is 0.416 e. The highest BCUT2D eigenvalue weighted by Crippen LogP contribution is 2.30. The number of hydrogen-bond donors (Lipinski definition) is 2. The summed E-state index contributed by atoms with van der Waals surface area (Å²) in [6, 6.07) is 3.57. The third kappa shape index (κ3) is 3.65. The molecular formula is C12H14F3NO2.